The van der Waals surface area contributed by atoms with Crippen LogP contribution < -0.4 is 14.2 Å². The van der Waals surface area contributed by atoms with Gasteiger partial charge < -0.3 is 14.2 Å². The van der Waals surface area contributed by atoms with Crippen LogP contribution in [0.15, 0.2) is 17.2 Å². The molecule has 1 fully saturated rings. The van der Waals surface area contributed by atoms with E-state index in [2.05, 4.69) is 10.1 Å². The first-order chi connectivity index (χ1) is 10.3. The highest BCUT2D eigenvalue weighted by Crippen LogP contribution is 2.37. The van der Waals surface area contributed by atoms with Gasteiger partial charge in [-0.1, -0.05) is 12.8 Å². The average molecular weight is 292 g/mol. The van der Waals surface area contributed by atoms with E-state index in [0.717, 1.165) is 18.7 Å². The van der Waals surface area contributed by atoms with Gasteiger partial charge in [-0.3, -0.25) is 5.01 Å². The van der Waals surface area contributed by atoms with E-state index in [1.165, 1.54) is 25.7 Å². The molecule has 116 valence electrons. The van der Waals surface area contributed by atoms with Crippen LogP contribution in [0.2, 0.25) is 0 Å². The van der Waals surface area contributed by atoms with Crippen molar-refractivity contribution < 1.29 is 14.2 Å². The lowest BCUT2D eigenvalue weighted by molar-refractivity contribution is 0.302. The predicted molar refractivity (Wildman–Crippen MR) is 83.7 cm³/mol. The summed E-state index contributed by atoms with van der Waals surface area (Å²) < 4.78 is 16.0. The molecule has 1 aliphatic rings. The molecule has 0 atom stereocenters. The molecule has 2 rings (SSSR count). The van der Waals surface area contributed by atoms with Crippen molar-refractivity contribution in [1.29, 1.82) is 0 Å². The van der Waals surface area contributed by atoms with E-state index in [1.807, 2.05) is 18.3 Å². The molecule has 21 heavy (non-hydrogen) atoms. The van der Waals surface area contributed by atoms with Crippen molar-refractivity contribution in [3.8, 4) is 17.2 Å². The highest BCUT2D eigenvalue weighted by atomic mass is 16.5. The van der Waals surface area contributed by atoms with Gasteiger partial charge in [0, 0.05) is 18.7 Å². The topological polar surface area (TPSA) is 43.3 Å². The third-order valence-electron chi connectivity index (χ3n) is 3.64. The minimum absolute atomic E-state index is 0.604. The molecule has 0 amide bonds. The molecule has 1 aliphatic heterocycles. The van der Waals surface area contributed by atoms with Gasteiger partial charge in [-0.05, 0) is 25.0 Å². The Morgan fingerprint density at radius 3 is 1.95 bits per heavy atom. The molecule has 1 saturated heterocycles. The molecule has 0 saturated carbocycles. The molecule has 0 radical (unpaired) electrons. The van der Waals surface area contributed by atoms with Crippen molar-refractivity contribution in [2.45, 2.75) is 25.7 Å². The molecule has 0 aliphatic carbocycles. The first-order valence-corrected chi connectivity index (χ1v) is 7.37. The number of benzene rings is 1. The Labute approximate surface area is 126 Å². The highest BCUT2D eigenvalue weighted by molar-refractivity contribution is 5.82. The van der Waals surface area contributed by atoms with E-state index in [0.29, 0.717) is 17.2 Å². The third-order valence-corrected chi connectivity index (χ3v) is 3.64. The van der Waals surface area contributed by atoms with Crippen molar-refractivity contribution in [2.24, 2.45) is 5.10 Å². The Bertz CT molecular complexity index is 455. The minimum Gasteiger partial charge on any atom is -0.493 e. The largest absolute Gasteiger partial charge is 0.493 e. The van der Waals surface area contributed by atoms with Crippen LogP contribution in [0.4, 0.5) is 0 Å². The van der Waals surface area contributed by atoms with E-state index in [9.17, 15) is 0 Å². The quantitative estimate of drug-likeness (QED) is 0.783. The van der Waals surface area contributed by atoms with Crippen LogP contribution in [-0.2, 0) is 0 Å². The van der Waals surface area contributed by atoms with E-state index in [1.54, 1.807) is 21.3 Å². The molecule has 5 nitrogen and oxygen atoms in total. The van der Waals surface area contributed by atoms with E-state index in [-0.39, 0.29) is 0 Å². The summed E-state index contributed by atoms with van der Waals surface area (Å²) in [5, 5.41) is 6.71. The summed E-state index contributed by atoms with van der Waals surface area (Å²) in [6, 6.07) is 3.81. The van der Waals surface area contributed by atoms with Crippen LogP contribution in [0.25, 0.3) is 0 Å². The molecular weight excluding hydrogens is 268 g/mol. The minimum atomic E-state index is 0.604. The lowest BCUT2D eigenvalue weighted by Crippen LogP contribution is -2.18. The monoisotopic (exact) mass is 292 g/mol. The van der Waals surface area contributed by atoms with Gasteiger partial charge in [-0.2, -0.15) is 5.10 Å². The summed E-state index contributed by atoms with van der Waals surface area (Å²) >= 11 is 0. The van der Waals surface area contributed by atoms with Gasteiger partial charge in [0.15, 0.2) is 11.5 Å². The third kappa shape index (κ3) is 4.03. The second-order valence-electron chi connectivity index (χ2n) is 5.07. The maximum Gasteiger partial charge on any atom is 0.203 e. The number of hydrogen-bond acceptors (Lipinski definition) is 5. The van der Waals surface area contributed by atoms with Crippen molar-refractivity contribution in [3.05, 3.63) is 17.7 Å². The number of methoxy groups -OCH3 is 3. The van der Waals surface area contributed by atoms with Gasteiger partial charge in [0.2, 0.25) is 5.75 Å². The Morgan fingerprint density at radius 2 is 1.48 bits per heavy atom. The maximum atomic E-state index is 5.35. The van der Waals surface area contributed by atoms with Gasteiger partial charge in [-0.15, -0.1) is 0 Å². The van der Waals surface area contributed by atoms with Crippen LogP contribution in [0, 0.1) is 0 Å². The Kier molecular flexibility index (Phi) is 5.72. The maximum absolute atomic E-state index is 5.35. The summed E-state index contributed by atoms with van der Waals surface area (Å²) in [6.45, 7) is 2.06. The molecule has 0 unspecified atom stereocenters. The Hall–Kier alpha value is -1.91. The van der Waals surface area contributed by atoms with E-state index in [4.69, 9.17) is 14.2 Å². The Morgan fingerprint density at radius 1 is 0.905 bits per heavy atom. The molecule has 1 aromatic carbocycles. The summed E-state index contributed by atoms with van der Waals surface area (Å²) in [5.74, 6) is 1.90. The number of hydrazone groups is 1. The number of ether oxygens (including phenoxy) is 3. The summed E-state index contributed by atoms with van der Waals surface area (Å²) in [4.78, 5) is 0. The van der Waals surface area contributed by atoms with Crippen LogP contribution in [0.1, 0.15) is 31.2 Å². The lowest BCUT2D eigenvalue weighted by atomic mass is 10.2. The first kappa shape index (κ1) is 15.5. The van der Waals surface area contributed by atoms with Gasteiger partial charge in [-0.25, -0.2) is 0 Å². The van der Waals surface area contributed by atoms with Crippen LogP contribution in [0.5, 0.6) is 17.2 Å². The molecule has 0 bridgehead atoms. The number of rotatable bonds is 5. The zero-order valence-electron chi connectivity index (χ0n) is 13.1. The smallest absolute Gasteiger partial charge is 0.203 e. The van der Waals surface area contributed by atoms with E-state index < -0.39 is 0 Å². The van der Waals surface area contributed by atoms with Gasteiger partial charge in [0.05, 0.1) is 27.5 Å². The second-order valence-corrected chi connectivity index (χ2v) is 5.07. The number of nitrogens with zero attached hydrogens (tertiary/aromatic N) is 2. The fraction of sp³-hybridized carbons (Fsp3) is 0.562. The summed E-state index contributed by atoms with van der Waals surface area (Å²) in [6.07, 6.45) is 6.89. The number of hydrogen-bond donors (Lipinski definition) is 0. The molecular formula is C16H24N2O3. The van der Waals surface area contributed by atoms with Crippen molar-refractivity contribution in [2.75, 3.05) is 34.4 Å². The second kappa shape index (κ2) is 7.76. The summed E-state index contributed by atoms with van der Waals surface area (Å²) in [5.41, 5.74) is 0.939. The first-order valence-electron chi connectivity index (χ1n) is 7.37. The Balaban J connectivity index is 2.18. The molecule has 5 heteroatoms. The van der Waals surface area contributed by atoms with Crippen LogP contribution in [0.3, 0.4) is 0 Å². The zero-order valence-corrected chi connectivity index (χ0v) is 13.1. The SMILES string of the molecule is COc1cc(/C=N\N2CCCCCC2)cc(OC)c1OC. The van der Waals surface area contributed by atoms with Crippen LogP contribution in [-0.4, -0.2) is 45.6 Å². The average Bonchev–Trinajstić information content (AvgIpc) is 2.80. The molecule has 0 N–H and O–H groups in total. The van der Waals surface area contributed by atoms with Gasteiger partial charge in [0.25, 0.3) is 0 Å². The van der Waals surface area contributed by atoms with Crippen molar-refractivity contribution >= 4 is 6.21 Å². The predicted octanol–water partition coefficient (Wildman–Crippen LogP) is 2.92. The standard InChI is InChI=1S/C16H24N2O3/c1-19-14-10-13(11-15(20-2)16(14)21-3)12-17-18-8-6-4-5-7-9-18/h10-12H,4-9H2,1-3H3/b17-12-. The fourth-order valence-corrected chi connectivity index (χ4v) is 2.49. The molecule has 1 heterocycles. The van der Waals surface area contributed by atoms with Crippen molar-refractivity contribution in [3.63, 3.8) is 0 Å². The fourth-order valence-electron chi connectivity index (χ4n) is 2.49. The molecule has 1 aromatic rings. The normalized spacial score (nSPS) is 15.9. The van der Waals surface area contributed by atoms with Gasteiger partial charge >= 0.3 is 0 Å². The molecule has 0 spiro atoms. The van der Waals surface area contributed by atoms with Gasteiger partial charge in [0.1, 0.15) is 0 Å². The molecule has 0 aromatic heterocycles. The van der Waals surface area contributed by atoms with Crippen molar-refractivity contribution in [1.82, 2.24) is 5.01 Å². The van der Waals surface area contributed by atoms with Crippen LogP contribution >= 0.6 is 0 Å². The highest BCUT2D eigenvalue weighted by Gasteiger charge is 2.12. The van der Waals surface area contributed by atoms with E-state index >= 15 is 0 Å². The lowest BCUT2D eigenvalue weighted by Gasteiger charge is -2.16. The summed E-state index contributed by atoms with van der Waals surface area (Å²) in [7, 11) is 4.84. The zero-order chi connectivity index (χ0) is 15.1.